The van der Waals surface area contributed by atoms with Crippen molar-refractivity contribution in [3.05, 3.63) is 95.6 Å². The van der Waals surface area contributed by atoms with Gasteiger partial charge >= 0.3 is 0 Å². The highest BCUT2D eigenvalue weighted by atomic mass is 32.2. The third-order valence-corrected chi connectivity index (χ3v) is 6.20. The molecule has 0 aliphatic rings. The molecule has 28 heavy (non-hydrogen) atoms. The standard InChI is InChI=1S/C23H25NO3S/c1-18-8-15-22(16-9-18)28(25,26)24-23(17-10-19-6-4-3-5-7-19)20-11-13-21(27-2)14-12-20/h3-9,11-16,23-24H,10,17H2,1-2H3. The van der Waals surface area contributed by atoms with Gasteiger partial charge in [0.15, 0.2) is 0 Å². The van der Waals surface area contributed by atoms with Crippen molar-refractivity contribution in [1.82, 2.24) is 4.72 Å². The lowest BCUT2D eigenvalue weighted by molar-refractivity contribution is 0.414. The highest BCUT2D eigenvalue weighted by molar-refractivity contribution is 7.89. The van der Waals surface area contributed by atoms with E-state index in [1.54, 1.807) is 31.4 Å². The number of hydrogen-bond donors (Lipinski definition) is 1. The summed E-state index contributed by atoms with van der Waals surface area (Å²) >= 11 is 0. The molecule has 3 aromatic rings. The zero-order chi connectivity index (χ0) is 20.0. The molecule has 5 heteroatoms. The van der Waals surface area contributed by atoms with Gasteiger partial charge in [-0.15, -0.1) is 0 Å². The van der Waals surface area contributed by atoms with Crippen LogP contribution >= 0.6 is 0 Å². The molecule has 0 saturated heterocycles. The Bertz CT molecular complexity index is 982. The van der Waals surface area contributed by atoms with E-state index in [9.17, 15) is 8.42 Å². The minimum absolute atomic E-state index is 0.274. The minimum atomic E-state index is -3.63. The van der Waals surface area contributed by atoms with Gasteiger partial charge in [-0.3, -0.25) is 0 Å². The summed E-state index contributed by atoms with van der Waals surface area (Å²) in [5, 5.41) is 0. The van der Waals surface area contributed by atoms with Crippen LogP contribution in [0.1, 0.15) is 29.2 Å². The number of hydrogen-bond acceptors (Lipinski definition) is 3. The van der Waals surface area contributed by atoms with Crippen LogP contribution in [0.4, 0.5) is 0 Å². The van der Waals surface area contributed by atoms with E-state index in [4.69, 9.17) is 4.74 Å². The summed E-state index contributed by atoms with van der Waals surface area (Å²) in [4.78, 5) is 0.274. The number of ether oxygens (including phenoxy) is 1. The van der Waals surface area contributed by atoms with Crippen LogP contribution in [0.3, 0.4) is 0 Å². The molecule has 0 heterocycles. The Labute approximate surface area is 167 Å². The Balaban J connectivity index is 1.84. The van der Waals surface area contributed by atoms with E-state index >= 15 is 0 Å². The van der Waals surface area contributed by atoms with E-state index in [1.807, 2.05) is 49.4 Å². The van der Waals surface area contributed by atoms with Crippen LogP contribution in [0.5, 0.6) is 5.75 Å². The number of benzene rings is 3. The normalized spacial score (nSPS) is 12.5. The molecular weight excluding hydrogens is 370 g/mol. The maximum Gasteiger partial charge on any atom is 0.241 e. The Morgan fingerprint density at radius 3 is 2.14 bits per heavy atom. The Hall–Kier alpha value is -2.63. The largest absolute Gasteiger partial charge is 0.497 e. The highest BCUT2D eigenvalue weighted by Crippen LogP contribution is 2.24. The van der Waals surface area contributed by atoms with Gasteiger partial charge in [-0.2, -0.15) is 0 Å². The van der Waals surface area contributed by atoms with Gasteiger partial charge in [-0.05, 0) is 55.2 Å². The Kier molecular flexibility index (Phi) is 6.49. The zero-order valence-electron chi connectivity index (χ0n) is 16.1. The fourth-order valence-corrected chi connectivity index (χ4v) is 4.32. The van der Waals surface area contributed by atoms with E-state index < -0.39 is 10.0 Å². The topological polar surface area (TPSA) is 55.4 Å². The van der Waals surface area contributed by atoms with Crippen LogP contribution in [0, 0.1) is 6.92 Å². The molecule has 0 saturated carbocycles. The summed E-state index contributed by atoms with van der Waals surface area (Å²) in [5.74, 6) is 0.743. The summed E-state index contributed by atoms with van der Waals surface area (Å²) in [6.07, 6.45) is 1.43. The Morgan fingerprint density at radius 2 is 1.54 bits per heavy atom. The van der Waals surface area contributed by atoms with E-state index in [0.717, 1.165) is 23.3 Å². The number of methoxy groups -OCH3 is 1. The molecule has 1 unspecified atom stereocenters. The van der Waals surface area contributed by atoms with Crippen LogP contribution in [-0.4, -0.2) is 15.5 Å². The van der Waals surface area contributed by atoms with Crippen LogP contribution in [0.25, 0.3) is 0 Å². The molecule has 0 bridgehead atoms. The SMILES string of the molecule is COc1ccc(C(CCc2ccccc2)NS(=O)(=O)c2ccc(C)cc2)cc1. The van der Waals surface area contributed by atoms with Crippen LogP contribution in [-0.2, 0) is 16.4 Å². The van der Waals surface area contributed by atoms with Gasteiger partial charge in [0.25, 0.3) is 0 Å². The van der Waals surface area contributed by atoms with Gasteiger partial charge in [-0.25, -0.2) is 13.1 Å². The number of nitrogens with one attached hydrogen (secondary N) is 1. The van der Waals surface area contributed by atoms with Gasteiger partial charge in [-0.1, -0.05) is 60.2 Å². The van der Waals surface area contributed by atoms with Gasteiger partial charge in [0, 0.05) is 6.04 Å². The quantitative estimate of drug-likeness (QED) is 0.604. The summed E-state index contributed by atoms with van der Waals surface area (Å²) in [7, 11) is -2.01. The molecule has 0 aliphatic heterocycles. The van der Waals surface area contributed by atoms with E-state index in [0.29, 0.717) is 6.42 Å². The maximum absolute atomic E-state index is 12.9. The second kappa shape index (κ2) is 9.04. The molecular formula is C23H25NO3S. The molecule has 3 rings (SSSR count). The number of sulfonamides is 1. The molecule has 1 atom stereocenters. The molecule has 0 aromatic heterocycles. The predicted octanol–water partition coefficient (Wildman–Crippen LogP) is 4.66. The Morgan fingerprint density at radius 1 is 0.893 bits per heavy atom. The third kappa shape index (κ3) is 5.21. The van der Waals surface area contributed by atoms with Crippen molar-refractivity contribution < 1.29 is 13.2 Å². The molecule has 3 aromatic carbocycles. The van der Waals surface area contributed by atoms with Crippen molar-refractivity contribution in [3.8, 4) is 5.75 Å². The summed E-state index contributed by atoms with van der Waals surface area (Å²) in [6.45, 7) is 1.93. The molecule has 146 valence electrons. The zero-order valence-corrected chi connectivity index (χ0v) is 16.9. The monoisotopic (exact) mass is 395 g/mol. The molecule has 0 aliphatic carbocycles. The number of aryl methyl sites for hydroxylation is 2. The molecule has 0 fully saturated rings. The fourth-order valence-electron chi connectivity index (χ4n) is 3.06. The lowest BCUT2D eigenvalue weighted by atomic mass is 10.00. The first-order chi connectivity index (χ1) is 13.5. The second-order valence-electron chi connectivity index (χ2n) is 6.78. The van der Waals surface area contributed by atoms with Crippen molar-refractivity contribution in [2.45, 2.75) is 30.7 Å². The first-order valence-electron chi connectivity index (χ1n) is 9.25. The van der Waals surface area contributed by atoms with Crippen molar-refractivity contribution in [1.29, 1.82) is 0 Å². The van der Waals surface area contributed by atoms with Crippen molar-refractivity contribution in [2.24, 2.45) is 0 Å². The van der Waals surface area contributed by atoms with Gasteiger partial charge in [0.1, 0.15) is 5.75 Å². The number of rotatable bonds is 8. The van der Waals surface area contributed by atoms with E-state index in [2.05, 4.69) is 16.9 Å². The predicted molar refractivity (Wildman–Crippen MR) is 112 cm³/mol. The smallest absolute Gasteiger partial charge is 0.241 e. The minimum Gasteiger partial charge on any atom is -0.497 e. The van der Waals surface area contributed by atoms with Crippen LogP contribution in [0.2, 0.25) is 0 Å². The van der Waals surface area contributed by atoms with Crippen molar-refractivity contribution >= 4 is 10.0 Å². The fraction of sp³-hybridized carbons (Fsp3) is 0.217. The molecule has 0 spiro atoms. The average Bonchev–Trinajstić information content (AvgIpc) is 2.72. The lowest BCUT2D eigenvalue weighted by Gasteiger charge is -2.20. The summed E-state index contributed by atoms with van der Waals surface area (Å²) < 4.78 is 34.0. The van der Waals surface area contributed by atoms with Crippen LogP contribution < -0.4 is 9.46 Å². The van der Waals surface area contributed by atoms with Gasteiger partial charge in [0.2, 0.25) is 10.0 Å². The van der Waals surface area contributed by atoms with Gasteiger partial charge < -0.3 is 4.74 Å². The molecule has 0 radical (unpaired) electrons. The van der Waals surface area contributed by atoms with Crippen molar-refractivity contribution in [2.75, 3.05) is 7.11 Å². The van der Waals surface area contributed by atoms with E-state index in [-0.39, 0.29) is 10.9 Å². The molecule has 1 N–H and O–H groups in total. The van der Waals surface area contributed by atoms with Gasteiger partial charge in [0.05, 0.1) is 12.0 Å². The first kappa shape index (κ1) is 20.1. The molecule has 0 amide bonds. The van der Waals surface area contributed by atoms with E-state index in [1.165, 1.54) is 5.56 Å². The van der Waals surface area contributed by atoms with Crippen LogP contribution in [0.15, 0.2) is 83.8 Å². The van der Waals surface area contributed by atoms with Crippen molar-refractivity contribution in [3.63, 3.8) is 0 Å². The average molecular weight is 396 g/mol. The highest BCUT2D eigenvalue weighted by Gasteiger charge is 2.21. The first-order valence-corrected chi connectivity index (χ1v) is 10.7. The summed E-state index contributed by atoms with van der Waals surface area (Å²) in [6, 6.07) is 24.2. The maximum atomic E-state index is 12.9. The molecule has 4 nitrogen and oxygen atoms in total. The second-order valence-corrected chi connectivity index (χ2v) is 8.50. The third-order valence-electron chi connectivity index (χ3n) is 4.71. The lowest BCUT2D eigenvalue weighted by Crippen LogP contribution is -2.29. The summed E-state index contributed by atoms with van der Waals surface area (Å²) in [5.41, 5.74) is 3.11.